The SMILES string of the molecule is O=C1CCCN1CCN1CCN(C[C@H](O)c2ccccc2)CC1. The van der Waals surface area contributed by atoms with Crippen molar-refractivity contribution in [3.05, 3.63) is 35.9 Å². The smallest absolute Gasteiger partial charge is 0.222 e. The Morgan fingerprint density at radius 3 is 2.30 bits per heavy atom. The first-order valence-corrected chi connectivity index (χ1v) is 8.68. The van der Waals surface area contributed by atoms with Crippen molar-refractivity contribution in [2.75, 3.05) is 52.4 Å². The van der Waals surface area contributed by atoms with E-state index in [1.165, 1.54) is 0 Å². The molecule has 0 aliphatic carbocycles. The van der Waals surface area contributed by atoms with E-state index in [-0.39, 0.29) is 0 Å². The fraction of sp³-hybridized carbons (Fsp3) is 0.611. The molecule has 3 rings (SSSR count). The maximum Gasteiger partial charge on any atom is 0.222 e. The molecule has 1 amide bonds. The average molecular weight is 317 g/mol. The zero-order valence-electron chi connectivity index (χ0n) is 13.7. The predicted octanol–water partition coefficient (Wildman–Crippen LogP) is 0.960. The zero-order chi connectivity index (χ0) is 16.1. The Bertz CT molecular complexity index is 500. The lowest BCUT2D eigenvalue weighted by Crippen LogP contribution is -2.49. The number of hydrogen-bond donors (Lipinski definition) is 1. The highest BCUT2D eigenvalue weighted by atomic mass is 16.3. The van der Waals surface area contributed by atoms with Crippen LogP contribution in [0.4, 0.5) is 0 Å². The second-order valence-corrected chi connectivity index (χ2v) is 6.55. The van der Waals surface area contributed by atoms with Crippen molar-refractivity contribution in [1.29, 1.82) is 0 Å². The molecule has 2 aliphatic rings. The van der Waals surface area contributed by atoms with Gasteiger partial charge in [0.05, 0.1) is 6.10 Å². The summed E-state index contributed by atoms with van der Waals surface area (Å²) in [5, 5.41) is 10.3. The van der Waals surface area contributed by atoms with E-state index in [1.807, 2.05) is 35.2 Å². The monoisotopic (exact) mass is 317 g/mol. The number of amides is 1. The molecular weight excluding hydrogens is 290 g/mol. The van der Waals surface area contributed by atoms with Crippen LogP contribution < -0.4 is 0 Å². The first kappa shape index (κ1) is 16.4. The average Bonchev–Trinajstić information content (AvgIpc) is 3.00. The summed E-state index contributed by atoms with van der Waals surface area (Å²) in [7, 11) is 0. The van der Waals surface area contributed by atoms with Crippen LogP contribution in [0.3, 0.4) is 0 Å². The van der Waals surface area contributed by atoms with E-state index in [2.05, 4.69) is 9.80 Å². The summed E-state index contributed by atoms with van der Waals surface area (Å²) in [4.78, 5) is 18.4. The quantitative estimate of drug-likeness (QED) is 0.849. The first-order chi connectivity index (χ1) is 11.2. The Morgan fingerprint density at radius 1 is 0.957 bits per heavy atom. The summed E-state index contributed by atoms with van der Waals surface area (Å²) in [5.74, 6) is 0.314. The lowest BCUT2D eigenvalue weighted by atomic mass is 10.1. The maximum atomic E-state index is 11.6. The highest BCUT2D eigenvalue weighted by molar-refractivity contribution is 5.78. The van der Waals surface area contributed by atoms with Crippen LogP contribution in [0.25, 0.3) is 0 Å². The molecule has 23 heavy (non-hydrogen) atoms. The topological polar surface area (TPSA) is 47.0 Å². The zero-order valence-corrected chi connectivity index (χ0v) is 13.7. The molecule has 0 unspecified atom stereocenters. The number of nitrogens with zero attached hydrogens (tertiary/aromatic N) is 3. The number of rotatable bonds is 6. The van der Waals surface area contributed by atoms with Crippen molar-refractivity contribution in [3.8, 4) is 0 Å². The largest absolute Gasteiger partial charge is 0.387 e. The van der Waals surface area contributed by atoms with Crippen LogP contribution in [-0.2, 0) is 4.79 Å². The van der Waals surface area contributed by atoms with E-state index in [0.717, 1.165) is 64.2 Å². The molecule has 5 heteroatoms. The highest BCUT2D eigenvalue weighted by Crippen LogP contribution is 2.15. The second-order valence-electron chi connectivity index (χ2n) is 6.55. The summed E-state index contributed by atoms with van der Waals surface area (Å²) in [6.45, 7) is 7.47. The molecule has 2 aliphatic heterocycles. The summed E-state index contributed by atoms with van der Waals surface area (Å²) in [5.41, 5.74) is 0.988. The molecule has 0 spiro atoms. The van der Waals surface area contributed by atoms with Gasteiger partial charge < -0.3 is 10.0 Å². The van der Waals surface area contributed by atoms with Gasteiger partial charge in [-0.2, -0.15) is 0 Å². The standard InChI is InChI=1S/C18H27N3O2/c22-17(16-5-2-1-3-6-16)15-20-11-9-19(10-12-20)13-14-21-8-4-7-18(21)23/h1-3,5-6,17,22H,4,7-15H2/t17-/m0/s1. The van der Waals surface area contributed by atoms with Gasteiger partial charge in [-0.05, 0) is 12.0 Å². The van der Waals surface area contributed by atoms with Crippen LogP contribution in [0.15, 0.2) is 30.3 Å². The van der Waals surface area contributed by atoms with E-state index in [1.54, 1.807) is 0 Å². The minimum atomic E-state index is -0.412. The summed E-state index contributed by atoms with van der Waals surface area (Å²) in [6, 6.07) is 9.87. The van der Waals surface area contributed by atoms with Gasteiger partial charge in [0, 0.05) is 58.8 Å². The number of likely N-dealkylation sites (tertiary alicyclic amines) is 1. The molecule has 0 radical (unpaired) electrons. The van der Waals surface area contributed by atoms with Crippen molar-refractivity contribution in [2.45, 2.75) is 18.9 Å². The van der Waals surface area contributed by atoms with Gasteiger partial charge in [-0.15, -0.1) is 0 Å². The fourth-order valence-corrected chi connectivity index (χ4v) is 3.42. The van der Waals surface area contributed by atoms with Crippen molar-refractivity contribution in [2.24, 2.45) is 0 Å². The molecular formula is C18H27N3O2. The summed E-state index contributed by atoms with van der Waals surface area (Å²) in [6.07, 6.45) is 1.33. The molecule has 0 aromatic heterocycles. The van der Waals surface area contributed by atoms with Gasteiger partial charge in [-0.1, -0.05) is 30.3 Å². The maximum absolute atomic E-state index is 11.6. The highest BCUT2D eigenvalue weighted by Gasteiger charge is 2.23. The van der Waals surface area contributed by atoms with Crippen molar-refractivity contribution in [3.63, 3.8) is 0 Å². The van der Waals surface area contributed by atoms with Crippen LogP contribution in [0, 0.1) is 0 Å². The second kappa shape index (κ2) is 7.90. The number of aliphatic hydroxyl groups is 1. The van der Waals surface area contributed by atoms with Gasteiger partial charge in [0.15, 0.2) is 0 Å². The Balaban J connectivity index is 1.37. The van der Waals surface area contributed by atoms with Gasteiger partial charge in [-0.25, -0.2) is 0 Å². The molecule has 126 valence electrons. The molecule has 2 fully saturated rings. The van der Waals surface area contributed by atoms with Crippen LogP contribution in [0.1, 0.15) is 24.5 Å². The number of carbonyl (C=O) groups excluding carboxylic acids is 1. The van der Waals surface area contributed by atoms with Crippen LogP contribution in [0.5, 0.6) is 0 Å². The molecule has 1 atom stereocenters. The Labute approximate surface area is 138 Å². The van der Waals surface area contributed by atoms with E-state index in [0.29, 0.717) is 12.5 Å². The minimum Gasteiger partial charge on any atom is -0.387 e. The lowest BCUT2D eigenvalue weighted by molar-refractivity contribution is -0.127. The molecule has 1 aromatic carbocycles. The van der Waals surface area contributed by atoms with Crippen molar-refractivity contribution < 1.29 is 9.90 Å². The summed E-state index contributed by atoms with van der Waals surface area (Å²) < 4.78 is 0. The van der Waals surface area contributed by atoms with Gasteiger partial charge in [0.1, 0.15) is 0 Å². The third-order valence-electron chi connectivity index (χ3n) is 4.94. The molecule has 1 aromatic rings. The molecule has 0 bridgehead atoms. The van der Waals surface area contributed by atoms with Crippen molar-refractivity contribution >= 4 is 5.91 Å². The third kappa shape index (κ3) is 4.53. The third-order valence-corrected chi connectivity index (χ3v) is 4.94. The van der Waals surface area contributed by atoms with Crippen LogP contribution in [0.2, 0.25) is 0 Å². The number of benzene rings is 1. The molecule has 1 N–H and O–H groups in total. The Kier molecular flexibility index (Phi) is 5.65. The number of piperazine rings is 1. The molecule has 2 saturated heterocycles. The predicted molar refractivity (Wildman–Crippen MR) is 90.1 cm³/mol. The van der Waals surface area contributed by atoms with Gasteiger partial charge in [-0.3, -0.25) is 14.6 Å². The molecule has 5 nitrogen and oxygen atoms in total. The van der Waals surface area contributed by atoms with E-state index in [9.17, 15) is 9.90 Å². The molecule has 0 saturated carbocycles. The number of aliphatic hydroxyl groups excluding tert-OH is 1. The number of β-amino-alcohol motifs (C(OH)–C–C–N with tert-alkyl or cyclic N) is 1. The van der Waals surface area contributed by atoms with Crippen LogP contribution in [-0.4, -0.2) is 78.1 Å². The van der Waals surface area contributed by atoms with E-state index < -0.39 is 6.10 Å². The normalized spacial score (nSPS) is 21.8. The number of carbonyl (C=O) groups is 1. The Hall–Kier alpha value is -1.43. The lowest BCUT2D eigenvalue weighted by Gasteiger charge is -2.36. The van der Waals surface area contributed by atoms with E-state index in [4.69, 9.17) is 0 Å². The van der Waals surface area contributed by atoms with E-state index >= 15 is 0 Å². The van der Waals surface area contributed by atoms with Gasteiger partial charge in [0.2, 0.25) is 5.91 Å². The fourth-order valence-electron chi connectivity index (χ4n) is 3.42. The molecule has 2 heterocycles. The number of hydrogen-bond acceptors (Lipinski definition) is 4. The van der Waals surface area contributed by atoms with Gasteiger partial charge >= 0.3 is 0 Å². The van der Waals surface area contributed by atoms with Gasteiger partial charge in [0.25, 0.3) is 0 Å². The van der Waals surface area contributed by atoms with Crippen molar-refractivity contribution in [1.82, 2.24) is 14.7 Å². The van der Waals surface area contributed by atoms with Crippen LogP contribution >= 0.6 is 0 Å². The minimum absolute atomic E-state index is 0.314. The Morgan fingerprint density at radius 2 is 1.65 bits per heavy atom. The first-order valence-electron chi connectivity index (χ1n) is 8.68. The summed E-state index contributed by atoms with van der Waals surface area (Å²) >= 11 is 0.